The van der Waals surface area contributed by atoms with Crippen molar-refractivity contribution in [3.8, 4) is 11.1 Å². The highest BCUT2D eigenvalue weighted by Gasteiger charge is 2.47. The lowest BCUT2D eigenvalue weighted by Gasteiger charge is -2.44. The number of rotatable bonds is 10. The predicted molar refractivity (Wildman–Crippen MR) is 261 cm³/mol. The second kappa shape index (κ2) is 19.1. The van der Waals surface area contributed by atoms with E-state index < -0.39 is 29.9 Å². The molecule has 15 nitrogen and oxygen atoms in total. The van der Waals surface area contributed by atoms with Gasteiger partial charge in [-0.15, -0.1) is 0 Å². The molecular weight excluding hydrogens is 900 g/mol. The van der Waals surface area contributed by atoms with Gasteiger partial charge in [-0.1, -0.05) is 18.2 Å². The number of hydrogen-bond donors (Lipinski definition) is 2. The molecule has 0 saturated carbocycles. The molecule has 3 atom stereocenters. The van der Waals surface area contributed by atoms with Gasteiger partial charge in [0, 0.05) is 107 Å². The van der Waals surface area contributed by atoms with Gasteiger partial charge in [-0.2, -0.15) is 13.2 Å². The molecule has 2 aromatic carbocycles. The van der Waals surface area contributed by atoms with Crippen molar-refractivity contribution in [3.63, 3.8) is 0 Å². The third-order valence-corrected chi connectivity index (χ3v) is 15.6. The molecule has 4 saturated heterocycles. The van der Waals surface area contributed by atoms with Gasteiger partial charge in [-0.25, -0.2) is 14.8 Å². The van der Waals surface area contributed by atoms with Crippen LogP contribution >= 0.6 is 0 Å². The number of piperazine rings is 1. The molecule has 0 radical (unpaired) electrons. The number of aromatic nitrogens is 5. The summed E-state index contributed by atoms with van der Waals surface area (Å²) in [6.45, 7) is 6.25. The predicted octanol–water partition coefficient (Wildman–Crippen LogP) is 6.39. The quantitative estimate of drug-likeness (QED) is 0.147. The van der Waals surface area contributed by atoms with Crippen LogP contribution < -0.4 is 16.7 Å². The third-order valence-electron chi connectivity index (χ3n) is 15.6. The average molecular weight is 960 g/mol. The number of anilines is 1. The van der Waals surface area contributed by atoms with Crippen LogP contribution in [0.5, 0.6) is 0 Å². The maximum atomic E-state index is 14.7. The van der Waals surface area contributed by atoms with E-state index in [1.165, 1.54) is 20.4 Å². The van der Waals surface area contributed by atoms with Gasteiger partial charge in [0.1, 0.15) is 23.5 Å². The van der Waals surface area contributed by atoms with Crippen molar-refractivity contribution in [2.75, 3.05) is 58.1 Å². The van der Waals surface area contributed by atoms with Gasteiger partial charge in [0.25, 0.3) is 5.91 Å². The van der Waals surface area contributed by atoms with E-state index in [9.17, 15) is 32.3 Å². The maximum absolute atomic E-state index is 14.7. The van der Waals surface area contributed by atoms with Crippen LogP contribution in [0.2, 0.25) is 0 Å². The molecule has 0 bridgehead atoms. The Morgan fingerprint density at radius 3 is 2.30 bits per heavy atom. The van der Waals surface area contributed by atoms with Gasteiger partial charge in [0.05, 0.1) is 11.0 Å². The monoisotopic (exact) mass is 959 g/mol. The van der Waals surface area contributed by atoms with E-state index >= 15 is 0 Å². The van der Waals surface area contributed by atoms with Crippen molar-refractivity contribution in [1.82, 2.24) is 48.6 Å². The lowest BCUT2D eigenvalue weighted by Crippen LogP contribution is -2.59. The molecule has 3 N–H and O–H groups in total. The minimum atomic E-state index is -4.43. The first kappa shape index (κ1) is 47.3. The number of nitrogens with one attached hydrogen (secondary N) is 1. The number of imide groups is 1. The van der Waals surface area contributed by atoms with E-state index in [-0.39, 0.29) is 56.3 Å². The second-order valence-electron chi connectivity index (χ2n) is 19.8. The maximum Gasteiger partial charge on any atom is 0.405 e. The number of benzene rings is 2. The molecule has 2 unspecified atom stereocenters. The van der Waals surface area contributed by atoms with Gasteiger partial charge < -0.3 is 15.2 Å². The average Bonchev–Trinajstić information content (AvgIpc) is 3.82. The van der Waals surface area contributed by atoms with Crippen LogP contribution in [0.15, 0.2) is 83.9 Å². The van der Waals surface area contributed by atoms with E-state index in [0.717, 1.165) is 53.7 Å². The van der Waals surface area contributed by atoms with Crippen LogP contribution in [0, 0.1) is 5.92 Å². The van der Waals surface area contributed by atoms with Crippen molar-refractivity contribution in [2.24, 2.45) is 20.0 Å². The van der Waals surface area contributed by atoms with Gasteiger partial charge >= 0.3 is 11.9 Å². The molecule has 0 spiro atoms. The number of nitrogens with two attached hydrogens (primary N) is 1. The highest BCUT2D eigenvalue weighted by Crippen LogP contribution is 2.37. The van der Waals surface area contributed by atoms with Crippen molar-refractivity contribution in [3.05, 3.63) is 112 Å². The van der Waals surface area contributed by atoms with Crippen molar-refractivity contribution in [2.45, 2.75) is 82.2 Å². The summed E-state index contributed by atoms with van der Waals surface area (Å²) < 4.78 is 49.1. The molecule has 4 fully saturated rings. The molecule has 4 aromatic heterocycles. The van der Waals surface area contributed by atoms with E-state index in [4.69, 9.17) is 10.7 Å². The van der Waals surface area contributed by atoms with Crippen LogP contribution in [0.3, 0.4) is 0 Å². The second-order valence-corrected chi connectivity index (χ2v) is 19.8. The summed E-state index contributed by atoms with van der Waals surface area (Å²) in [7, 11) is 3.68. The number of likely N-dealkylation sites (tertiary alicyclic amines) is 2. The first-order chi connectivity index (χ1) is 33.6. The number of alkyl halides is 3. The first-order valence-electron chi connectivity index (χ1n) is 24.5. The first-order valence-corrected chi connectivity index (χ1v) is 24.5. The Morgan fingerprint density at radius 1 is 0.843 bits per heavy atom. The fourth-order valence-electron chi connectivity index (χ4n) is 11.5. The van der Waals surface area contributed by atoms with E-state index in [1.54, 1.807) is 36.3 Å². The molecule has 368 valence electrons. The van der Waals surface area contributed by atoms with Crippen LogP contribution in [0.4, 0.5) is 19.0 Å². The Labute approximate surface area is 404 Å². The third kappa shape index (κ3) is 9.23. The Morgan fingerprint density at radius 2 is 1.60 bits per heavy atom. The standard InChI is InChI=1S/C52H60F3N11O4/c1-32(43-27-40-39(14-19-57-48(40)60(43)2)38-9-12-46(56)58-28-38)63-22-17-36(18-23-63)35-5-7-37(8-6-35)50(69)64-20-15-33(16-21-64)30-65-25-24-62(31-45(65)52(53,54)55)29-34-4-10-41-44(26-34)61(3)51(70)66(41)42-11-13-47(67)59-49(42)68/h4-10,12,14,19,26-28,32-33,36,42,45H,11,13,15-18,20-25,29-31H2,1-3H3,(H2,56,58)(H,59,67,68)/t32-,42?,45?/m0/s1. The zero-order valence-electron chi connectivity index (χ0n) is 39.9. The Bertz CT molecular complexity index is 2980. The van der Waals surface area contributed by atoms with Crippen LogP contribution in [0.25, 0.3) is 33.2 Å². The molecular formula is C52H60F3N11O4. The van der Waals surface area contributed by atoms with Crippen molar-refractivity contribution in [1.29, 1.82) is 0 Å². The van der Waals surface area contributed by atoms with Gasteiger partial charge in [-0.3, -0.25) is 43.5 Å². The number of nitrogen functional groups attached to an aromatic ring is 1. The van der Waals surface area contributed by atoms with Crippen LogP contribution in [-0.2, 0) is 30.2 Å². The normalized spacial score (nSPS) is 21.2. The summed E-state index contributed by atoms with van der Waals surface area (Å²) in [5.41, 5.74) is 13.4. The molecule has 4 aliphatic rings. The number of carbonyl (C=O) groups is 3. The summed E-state index contributed by atoms with van der Waals surface area (Å²) in [5, 5.41) is 3.39. The zero-order valence-corrected chi connectivity index (χ0v) is 39.9. The number of piperidine rings is 3. The number of carbonyl (C=O) groups excluding carboxylic acids is 3. The zero-order chi connectivity index (χ0) is 49.0. The van der Waals surface area contributed by atoms with Gasteiger partial charge in [0.15, 0.2) is 0 Å². The van der Waals surface area contributed by atoms with Gasteiger partial charge in [0.2, 0.25) is 11.8 Å². The molecule has 0 aliphatic carbocycles. The number of amides is 3. The van der Waals surface area contributed by atoms with Gasteiger partial charge in [-0.05, 0) is 129 Å². The lowest BCUT2D eigenvalue weighted by molar-refractivity contribution is -0.199. The largest absolute Gasteiger partial charge is 0.405 e. The number of hydrogen-bond acceptors (Lipinski definition) is 10. The van der Waals surface area contributed by atoms with E-state index in [2.05, 4.69) is 51.9 Å². The fraction of sp³-hybridized carbons (Fsp3) is 0.462. The summed E-state index contributed by atoms with van der Waals surface area (Å²) in [6.07, 6.45) is 2.84. The molecule has 3 amide bonds. The lowest BCUT2D eigenvalue weighted by atomic mass is 9.88. The van der Waals surface area contributed by atoms with Crippen LogP contribution in [-0.4, -0.2) is 126 Å². The van der Waals surface area contributed by atoms with E-state index in [0.29, 0.717) is 67.4 Å². The van der Waals surface area contributed by atoms with Crippen molar-refractivity contribution >= 4 is 45.6 Å². The molecule has 70 heavy (non-hydrogen) atoms. The topological polar surface area (TPSA) is 160 Å². The summed E-state index contributed by atoms with van der Waals surface area (Å²) in [6, 6.07) is 19.2. The summed E-state index contributed by atoms with van der Waals surface area (Å²) in [4.78, 5) is 68.1. The molecule has 8 heterocycles. The molecule has 10 rings (SSSR count). The minimum absolute atomic E-state index is 0.0375. The summed E-state index contributed by atoms with van der Waals surface area (Å²) in [5.74, 6) is -0.0318. The van der Waals surface area contributed by atoms with Crippen molar-refractivity contribution < 1.29 is 27.6 Å². The Balaban J connectivity index is 0.705. The molecule has 18 heteroatoms. The number of aryl methyl sites for hydroxylation is 2. The number of fused-ring (bicyclic) bond motifs is 2. The number of halogens is 3. The molecule has 6 aromatic rings. The highest BCUT2D eigenvalue weighted by molar-refractivity contribution is 6.00. The minimum Gasteiger partial charge on any atom is -0.384 e. The highest BCUT2D eigenvalue weighted by atomic mass is 19.4. The van der Waals surface area contributed by atoms with E-state index in [1.807, 2.05) is 46.3 Å². The Kier molecular flexibility index (Phi) is 12.9. The molecule has 4 aliphatic heterocycles. The summed E-state index contributed by atoms with van der Waals surface area (Å²) >= 11 is 0. The number of pyridine rings is 2. The fourth-order valence-corrected chi connectivity index (χ4v) is 11.5. The Hall–Kier alpha value is -6.37. The number of imidazole rings is 1. The SMILES string of the molecule is C[C@@H](c1cc2c(-c3ccc(N)nc3)ccnc2n1C)N1CCC(c2ccc(C(=O)N3CCC(CN4CCN(Cc5ccc6c(c5)n(C)c(=O)n6C5CCC(=O)NC5=O)CC4C(F)(F)F)CC3)cc2)CC1. The van der Waals surface area contributed by atoms with Crippen LogP contribution in [0.1, 0.15) is 90.6 Å². The number of nitrogens with zero attached hydrogens (tertiary/aromatic N) is 9. The smallest absolute Gasteiger partial charge is 0.384 e.